The van der Waals surface area contributed by atoms with Crippen LogP contribution in [0.4, 0.5) is 0 Å². The Labute approximate surface area is 124 Å². The van der Waals surface area contributed by atoms with Crippen molar-refractivity contribution in [2.24, 2.45) is 5.92 Å². The Morgan fingerprint density at radius 3 is 2.38 bits per heavy atom. The van der Waals surface area contributed by atoms with Crippen LogP contribution in [0, 0.1) is 19.8 Å². The molecule has 0 aromatic carbocycles. The van der Waals surface area contributed by atoms with Crippen LogP contribution in [-0.2, 0) is 9.59 Å². The van der Waals surface area contributed by atoms with Gasteiger partial charge in [0.2, 0.25) is 5.91 Å². The molecule has 0 bridgehead atoms. The Balaban J connectivity index is 2.70. The van der Waals surface area contributed by atoms with Crippen molar-refractivity contribution in [1.29, 1.82) is 0 Å². The fraction of sp³-hybridized carbons (Fsp3) is 0.667. The summed E-state index contributed by atoms with van der Waals surface area (Å²) in [6.07, 6.45) is 0.903. The third-order valence-electron chi connectivity index (χ3n) is 3.87. The molecule has 0 aliphatic carbocycles. The average molecular weight is 296 g/mol. The lowest BCUT2D eigenvalue weighted by molar-refractivity contribution is -0.143. The fourth-order valence-electron chi connectivity index (χ4n) is 2.49. The predicted octanol–water partition coefficient (Wildman–Crippen LogP) is 2.40. The van der Waals surface area contributed by atoms with E-state index in [1.807, 2.05) is 34.6 Å². The molecule has 118 valence electrons. The van der Waals surface area contributed by atoms with Crippen LogP contribution in [0.15, 0.2) is 4.52 Å². The van der Waals surface area contributed by atoms with Gasteiger partial charge in [0.1, 0.15) is 11.8 Å². The molecule has 0 aliphatic heterocycles. The third-order valence-corrected chi connectivity index (χ3v) is 3.87. The normalized spacial score (nSPS) is 15.3. The van der Waals surface area contributed by atoms with Gasteiger partial charge < -0.3 is 14.9 Å². The van der Waals surface area contributed by atoms with E-state index >= 15 is 0 Å². The molecular formula is C15H24N2O4. The van der Waals surface area contributed by atoms with Crippen LogP contribution in [0.5, 0.6) is 0 Å². The van der Waals surface area contributed by atoms with E-state index in [-0.39, 0.29) is 24.2 Å². The summed E-state index contributed by atoms with van der Waals surface area (Å²) >= 11 is 0. The van der Waals surface area contributed by atoms with Crippen molar-refractivity contribution in [2.75, 3.05) is 0 Å². The number of aryl methyl sites for hydroxylation is 2. The predicted molar refractivity (Wildman–Crippen MR) is 78.0 cm³/mol. The maximum absolute atomic E-state index is 12.1. The van der Waals surface area contributed by atoms with Crippen molar-refractivity contribution < 1.29 is 19.2 Å². The summed E-state index contributed by atoms with van der Waals surface area (Å²) in [6, 6.07) is -0.848. The zero-order chi connectivity index (χ0) is 16.2. The maximum Gasteiger partial charge on any atom is 0.326 e. The van der Waals surface area contributed by atoms with Gasteiger partial charge in [0, 0.05) is 12.0 Å². The molecule has 0 aliphatic rings. The number of aromatic nitrogens is 1. The van der Waals surface area contributed by atoms with E-state index in [1.165, 1.54) is 0 Å². The highest BCUT2D eigenvalue weighted by atomic mass is 16.5. The highest BCUT2D eigenvalue weighted by Crippen LogP contribution is 2.25. The summed E-state index contributed by atoms with van der Waals surface area (Å²) in [5.41, 5.74) is 1.69. The molecular weight excluding hydrogens is 272 g/mol. The van der Waals surface area contributed by atoms with Gasteiger partial charge in [0.15, 0.2) is 0 Å². The zero-order valence-corrected chi connectivity index (χ0v) is 13.3. The smallest absolute Gasteiger partial charge is 0.326 e. The van der Waals surface area contributed by atoms with E-state index in [0.717, 1.165) is 11.3 Å². The highest BCUT2D eigenvalue weighted by molar-refractivity contribution is 5.84. The number of carboxylic acid groups (broad SMARTS) is 1. The molecule has 0 fully saturated rings. The number of amides is 1. The molecule has 0 spiro atoms. The molecule has 6 heteroatoms. The molecule has 0 saturated heterocycles. The van der Waals surface area contributed by atoms with Crippen molar-refractivity contribution in [2.45, 2.75) is 59.4 Å². The summed E-state index contributed by atoms with van der Waals surface area (Å²) in [7, 11) is 0. The van der Waals surface area contributed by atoms with E-state index in [9.17, 15) is 14.7 Å². The number of aliphatic carboxylic acids is 1. The number of nitrogens with zero attached hydrogens (tertiary/aromatic N) is 1. The number of hydrogen-bond donors (Lipinski definition) is 2. The second-order valence-electron chi connectivity index (χ2n) is 5.61. The van der Waals surface area contributed by atoms with Crippen LogP contribution in [0.3, 0.4) is 0 Å². The Kier molecular flexibility index (Phi) is 5.93. The minimum atomic E-state index is -0.998. The van der Waals surface area contributed by atoms with Crippen molar-refractivity contribution in [3.05, 3.63) is 17.0 Å². The van der Waals surface area contributed by atoms with E-state index in [2.05, 4.69) is 10.5 Å². The van der Waals surface area contributed by atoms with Crippen LogP contribution in [-0.4, -0.2) is 28.2 Å². The van der Waals surface area contributed by atoms with Crippen molar-refractivity contribution in [1.82, 2.24) is 10.5 Å². The molecule has 1 aromatic rings. The molecule has 0 saturated carbocycles. The lowest BCUT2D eigenvalue weighted by Gasteiger charge is -2.21. The van der Waals surface area contributed by atoms with Crippen molar-refractivity contribution in [3.63, 3.8) is 0 Å². The first-order valence-electron chi connectivity index (χ1n) is 7.22. The zero-order valence-electron chi connectivity index (χ0n) is 13.3. The average Bonchev–Trinajstić information content (AvgIpc) is 2.74. The van der Waals surface area contributed by atoms with Crippen LogP contribution >= 0.6 is 0 Å². The number of rotatable bonds is 7. The topological polar surface area (TPSA) is 92.4 Å². The number of carbonyl (C=O) groups is 2. The standard InChI is InChI=1S/C15H24N2O4/c1-6-8(2)14(15(19)20)16-12(18)7-9(3)13-10(4)17-21-11(13)5/h8-9,14H,6-7H2,1-5H3,(H,16,18)(H,19,20)/t8-,9?,14-/m0/s1. The minimum absolute atomic E-state index is 0.0670. The van der Waals surface area contributed by atoms with E-state index < -0.39 is 12.0 Å². The first kappa shape index (κ1) is 17.2. The van der Waals surface area contributed by atoms with Gasteiger partial charge >= 0.3 is 5.97 Å². The quantitative estimate of drug-likeness (QED) is 0.806. The van der Waals surface area contributed by atoms with Crippen LogP contribution in [0.25, 0.3) is 0 Å². The van der Waals surface area contributed by atoms with Crippen LogP contribution in [0.1, 0.15) is 56.5 Å². The Morgan fingerprint density at radius 2 is 1.95 bits per heavy atom. The summed E-state index contributed by atoms with van der Waals surface area (Å²) in [6.45, 7) is 9.27. The van der Waals surface area contributed by atoms with Crippen molar-refractivity contribution >= 4 is 11.9 Å². The first-order chi connectivity index (χ1) is 9.77. The monoisotopic (exact) mass is 296 g/mol. The lowest BCUT2D eigenvalue weighted by atomic mass is 9.94. The van der Waals surface area contributed by atoms with Gasteiger partial charge in [-0.3, -0.25) is 4.79 Å². The van der Waals surface area contributed by atoms with Gasteiger partial charge in [-0.2, -0.15) is 0 Å². The van der Waals surface area contributed by atoms with E-state index in [4.69, 9.17) is 4.52 Å². The number of carboxylic acids is 1. The number of carbonyl (C=O) groups excluding carboxylic acids is 1. The summed E-state index contributed by atoms with van der Waals surface area (Å²) in [4.78, 5) is 23.3. The summed E-state index contributed by atoms with van der Waals surface area (Å²) in [5.74, 6) is -0.745. The van der Waals surface area contributed by atoms with Gasteiger partial charge in [0.05, 0.1) is 5.69 Å². The molecule has 1 amide bonds. The molecule has 1 aromatic heterocycles. The third kappa shape index (κ3) is 4.31. The highest BCUT2D eigenvalue weighted by Gasteiger charge is 2.27. The molecule has 1 unspecified atom stereocenters. The van der Waals surface area contributed by atoms with Crippen molar-refractivity contribution in [3.8, 4) is 0 Å². The van der Waals surface area contributed by atoms with Gasteiger partial charge in [-0.05, 0) is 25.7 Å². The molecule has 1 rings (SSSR count). The molecule has 6 nitrogen and oxygen atoms in total. The number of nitrogens with one attached hydrogen (secondary N) is 1. The van der Waals surface area contributed by atoms with Crippen LogP contribution < -0.4 is 5.32 Å². The Hall–Kier alpha value is -1.85. The molecule has 0 radical (unpaired) electrons. The van der Waals surface area contributed by atoms with E-state index in [0.29, 0.717) is 12.2 Å². The molecule has 3 atom stereocenters. The first-order valence-corrected chi connectivity index (χ1v) is 7.22. The molecule has 1 heterocycles. The molecule has 21 heavy (non-hydrogen) atoms. The lowest BCUT2D eigenvalue weighted by Crippen LogP contribution is -2.45. The second kappa shape index (κ2) is 7.24. The summed E-state index contributed by atoms with van der Waals surface area (Å²) < 4.78 is 5.10. The van der Waals surface area contributed by atoms with Gasteiger partial charge in [-0.15, -0.1) is 0 Å². The van der Waals surface area contributed by atoms with Gasteiger partial charge in [0.25, 0.3) is 0 Å². The summed E-state index contributed by atoms with van der Waals surface area (Å²) in [5, 5.41) is 15.7. The van der Waals surface area contributed by atoms with E-state index in [1.54, 1.807) is 0 Å². The Morgan fingerprint density at radius 1 is 1.33 bits per heavy atom. The fourth-order valence-corrected chi connectivity index (χ4v) is 2.49. The molecule has 2 N–H and O–H groups in total. The Bertz CT molecular complexity index is 490. The van der Waals surface area contributed by atoms with Gasteiger partial charge in [-0.1, -0.05) is 32.3 Å². The minimum Gasteiger partial charge on any atom is -0.480 e. The largest absolute Gasteiger partial charge is 0.480 e. The van der Waals surface area contributed by atoms with Crippen LogP contribution in [0.2, 0.25) is 0 Å². The SMILES string of the molecule is CC[C@H](C)[C@H](NC(=O)CC(C)c1c(C)noc1C)C(=O)O. The second-order valence-corrected chi connectivity index (χ2v) is 5.61. The number of hydrogen-bond acceptors (Lipinski definition) is 4. The maximum atomic E-state index is 12.1. The van der Waals surface area contributed by atoms with Gasteiger partial charge in [-0.25, -0.2) is 4.79 Å².